The Morgan fingerprint density at radius 1 is 0.242 bits per heavy atom. The summed E-state index contributed by atoms with van der Waals surface area (Å²) in [6.45, 7) is 6.71. The van der Waals surface area contributed by atoms with Gasteiger partial charge in [0.25, 0.3) is 0 Å². The average molecular weight is 934 g/mol. The molecule has 0 heterocycles. The quantitative estimate of drug-likeness (QED) is 0.0343. The first-order valence-corrected chi connectivity index (χ1v) is 30.0. The normalized spacial score (nSPS) is 11.9. The summed E-state index contributed by atoms with van der Waals surface area (Å²) in [5.41, 5.74) is 0. The summed E-state index contributed by atoms with van der Waals surface area (Å²) < 4.78 is 16.9. The van der Waals surface area contributed by atoms with E-state index in [1.807, 2.05) is 0 Å². The van der Waals surface area contributed by atoms with E-state index in [0.717, 1.165) is 57.8 Å². The molecule has 0 aliphatic heterocycles. The van der Waals surface area contributed by atoms with Gasteiger partial charge < -0.3 is 14.2 Å². The predicted molar refractivity (Wildman–Crippen MR) is 284 cm³/mol. The van der Waals surface area contributed by atoms with E-state index in [1.165, 1.54) is 250 Å². The molecule has 1 atom stereocenters. The largest absolute Gasteiger partial charge is 0.462 e. The van der Waals surface area contributed by atoms with Crippen LogP contribution < -0.4 is 0 Å². The highest BCUT2D eigenvalue weighted by Crippen LogP contribution is 2.18. The van der Waals surface area contributed by atoms with Crippen LogP contribution in [0.25, 0.3) is 0 Å². The van der Waals surface area contributed by atoms with Crippen LogP contribution in [0.4, 0.5) is 0 Å². The zero-order chi connectivity index (χ0) is 47.9. The Morgan fingerprint density at radius 3 is 0.606 bits per heavy atom. The molecule has 392 valence electrons. The second kappa shape index (κ2) is 56.0. The van der Waals surface area contributed by atoms with Gasteiger partial charge in [0.1, 0.15) is 13.2 Å². The van der Waals surface area contributed by atoms with Crippen molar-refractivity contribution in [2.75, 3.05) is 13.2 Å². The number of hydrogen-bond donors (Lipinski definition) is 0. The van der Waals surface area contributed by atoms with E-state index in [-0.39, 0.29) is 31.1 Å². The number of hydrogen-bond acceptors (Lipinski definition) is 6. The molecule has 0 aliphatic rings. The van der Waals surface area contributed by atoms with Crippen LogP contribution in [-0.4, -0.2) is 37.2 Å². The molecule has 0 aliphatic carbocycles. The SMILES string of the molecule is CCCCCCCCCCCCCCCCCCCCC(=O)O[C@@H](COC(=O)CCCCCCCCCCCCCCC)COC(=O)CCCCCCCCCCCCCCCCCCC. The highest BCUT2D eigenvalue weighted by molar-refractivity contribution is 5.71. The van der Waals surface area contributed by atoms with Gasteiger partial charge in [-0.25, -0.2) is 0 Å². The maximum atomic E-state index is 12.9. The summed E-state index contributed by atoms with van der Waals surface area (Å²) in [5, 5.41) is 0. The topological polar surface area (TPSA) is 78.9 Å². The Labute approximate surface area is 412 Å². The third-order valence-corrected chi connectivity index (χ3v) is 13.9. The van der Waals surface area contributed by atoms with Crippen molar-refractivity contribution in [3.63, 3.8) is 0 Å². The van der Waals surface area contributed by atoms with Gasteiger partial charge in [-0.1, -0.05) is 310 Å². The van der Waals surface area contributed by atoms with Crippen molar-refractivity contribution >= 4 is 17.9 Å². The van der Waals surface area contributed by atoms with Gasteiger partial charge in [0.15, 0.2) is 6.10 Å². The number of ether oxygens (including phenoxy) is 3. The minimum Gasteiger partial charge on any atom is -0.462 e. The van der Waals surface area contributed by atoms with Crippen LogP contribution in [0.2, 0.25) is 0 Å². The Bertz CT molecular complexity index is 982. The van der Waals surface area contributed by atoms with E-state index in [1.54, 1.807) is 0 Å². The van der Waals surface area contributed by atoms with E-state index in [9.17, 15) is 14.4 Å². The fourth-order valence-corrected chi connectivity index (χ4v) is 9.33. The first-order chi connectivity index (χ1) is 32.5. The second-order valence-electron chi connectivity index (χ2n) is 20.6. The van der Waals surface area contributed by atoms with Crippen LogP contribution >= 0.6 is 0 Å². The first kappa shape index (κ1) is 64.4. The summed E-state index contributed by atoms with van der Waals surface area (Å²) in [6.07, 6.45) is 62.4. The number of carbonyl (C=O) groups excluding carboxylic acids is 3. The molecule has 0 radical (unpaired) electrons. The van der Waals surface area contributed by atoms with Crippen LogP contribution in [-0.2, 0) is 28.6 Å². The molecule has 0 saturated heterocycles. The van der Waals surface area contributed by atoms with Crippen molar-refractivity contribution in [2.45, 2.75) is 354 Å². The van der Waals surface area contributed by atoms with E-state index in [0.29, 0.717) is 19.3 Å². The molecule has 0 saturated carbocycles. The summed E-state index contributed by atoms with van der Waals surface area (Å²) >= 11 is 0. The van der Waals surface area contributed by atoms with Crippen molar-refractivity contribution < 1.29 is 28.6 Å². The first-order valence-electron chi connectivity index (χ1n) is 30.0. The minimum atomic E-state index is -0.761. The van der Waals surface area contributed by atoms with Crippen LogP contribution in [0.5, 0.6) is 0 Å². The lowest BCUT2D eigenvalue weighted by atomic mass is 10.0. The fourth-order valence-electron chi connectivity index (χ4n) is 9.33. The lowest BCUT2D eigenvalue weighted by Gasteiger charge is -2.18. The molecule has 0 aromatic carbocycles. The van der Waals surface area contributed by atoms with Gasteiger partial charge in [-0.05, 0) is 19.3 Å². The van der Waals surface area contributed by atoms with Crippen LogP contribution in [0.3, 0.4) is 0 Å². The number of unbranched alkanes of at least 4 members (excludes halogenated alkanes) is 45. The second-order valence-corrected chi connectivity index (χ2v) is 20.6. The monoisotopic (exact) mass is 933 g/mol. The summed E-state index contributed by atoms with van der Waals surface area (Å²) in [6, 6.07) is 0. The molecular formula is C60H116O6. The molecule has 6 nitrogen and oxygen atoms in total. The molecule has 0 aromatic heterocycles. The van der Waals surface area contributed by atoms with Crippen molar-refractivity contribution in [1.82, 2.24) is 0 Å². The molecular weight excluding hydrogens is 817 g/mol. The highest BCUT2D eigenvalue weighted by atomic mass is 16.6. The Kier molecular flexibility index (Phi) is 54.7. The van der Waals surface area contributed by atoms with Crippen molar-refractivity contribution in [3.05, 3.63) is 0 Å². The number of carbonyl (C=O) groups is 3. The predicted octanol–water partition coefficient (Wildman–Crippen LogP) is 19.9. The third-order valence-electron chi connectivity index (χ3n) is 13.9. The maximum absolute atomic E-state index is 12.9. The van der Waals surface area contributed by atoms with Crippen molar-refractivity contribution in [3.8, 4) is 0 Å². The Balaban J connectivity index is 4.27. The van der Waals surface area contributed by atoms with E-state index >= 15 is 0 Å². The van der Waals surface area contributed by atoms with Gasteiger partial charge in [-0.3, -0.25) is 14.4 Å². The molecule has 0 fully saturated rings. The minimum absolute atomic E-state index is 0.0608. The molecule has 0 aromatic rings. The van der Waals surface area contributed by atoms with E-state index in [4.69, 9.17) is 14.2 Å². The molecule has 0 unspecified atom stereocenters. The Hall–Kier alpha value is -1.59. The zero-order valence-corrected chi connectivity index (χ0v) is 45.0. The van der Waals surface area contributed by atoms with Gasteiger partial charge in [0.05, 0.1) is 0 Å². The van der Waals surface area contributed by atoms with Crippen LogP contribution in [0.15, 0.2) is 0 Å². The van der Waals surface area contributed by atoms with Crippen molar-refractivity contribution in [1.29, 1.82) is 0 Å². The lowest BCUT2D eigenvalue weighted by molar-refractivity contribution is -0.167. The summed E-state index contributed by atoms with van der Waals surface area (Å²) in [7, 11) is 0. The van der Waals surface area contributed by atoms with Crippen LogP contribution in [0.1, 0.15) is 348 Å². The van der Waals surface area contributed by atoms with Gasteiger partial charge in [0.2, 0.25) is 0 Å². The van der Waals surface area contributed by atoms with Crippen molar-refractivity contribution in [2.24, 2.45) is 0 Å². The maximum Gasteiger partial charge on any atom is 0.306 e. The van der Waals surface area contributed by atoms with E-state index in [2.05, 4.69) is 20.8 Å². The highest BCUT2D eigenvalue weighted by Gasteiger charge is 2.19. The third kappa shape index (κ3) is 53.4. The molecule has 66 heavy (non-hydrogen) atoms. The Morgan fingerprint density at radius 2 is 0.409 bits per heavy atom. The smallest absolute Gasteiger partial charge is 0.306 e. The zero-order valence-electron chi connectivity index (χ0n) is 45.0. The molecule has 6 heteroatoms. The van der Waals surface area contributed by atoms with E-state index < -0.39 is 6.10 Å². The molecule has 0 N–H and O–H groups in total. The lowest BCUT2D eigenvalue weighted by Crippen LogP contribution is -2.30. The number of rotatable bonds is 56. The van der Waals surface area contributed by atoms with Gasteiger partial charge in [-0.2, -0.15) is 0 Å². The average Bonchev–Trinajstić information content (AvgIpc) is 3.31. The molecule has 0 amide bonds. The molecule has 0 rings (SSSR count). The number of esters is 3. The van der Waals surface area contributed by atoms with Gasteiger partial charge >= 0.3 is 17.9 Å². The van der Waals surface area contributed by atoms with Gasteiger partial charge in [0, 0.05) is 19.3 Å². The molecule has 0 bridgehead atoms. The standard InChI is InChI=1S/C60H116O6/c1-4-7-10-13-16-19-22-25-27-29-31-33-36-39-42-45-48-51-54-60(63)66-57(55-64-58(61)52-49-46-43-40-37-34-24-21-18-15-12-9-6-3)56-65-59(62)53-50-47-44-41-38-35-32-30-28-26-23-20-17-14-11-8-5-2/h57H,4-56H2,1-3H3/t57-/m0/s1. The molecule has 0 spiro atoms. The summed E-state index contributed by atoms with van der Waals surface area (Å²) in [4.78, 5) is 38.2. The summed E-state index contributed by atoms with van der Waals surface area (Å²) in [5.74, 6) is -0.829. The fraction of sp³-hybridized carbons (Fsp3) is 0.950. The van der Waals surface area contributed by atoms with Gasteiger partial charge in [-0.15, -0.1) is 0 Å². The van der Waals surface area contributed by atoms with Crippen LogP contribution in [0, 0.1) is 0 Å².